The van der Waals surface area contributed by atoms with Crippen LogP contribution in [-0.4, -0.2) is 63.8 Å². The Labute approximate surface area is 255 Å². The van der Waals surface area contributed by atoms with Crippen LogP contribution in [0.5, 0.6) is 0 Å². The van der Waals surface area contributed by atoms with E-state index in [1.807, 2.05) is 92.0 Å². The highest BCUT2D eigenvalue weighted by Gasteiger charge is 2.18. The zero-order valence-electron chi connectivity index (χ0n) is 24.3. The minimum Gasteiger partial charge on any atom is -0.332 e. The van der Waals surface area contributed by atoms with Crippen LogP contribution in [0.2, 0.25) is 0 Å². The first-order chi connectivity index (χ1) is 20.9. The topological polar surface area (TPSA) is 103 Å². The number of nitrogens with one attached hydrogen (secondary N) is 2. The fraction of sp³-hybridized carbons (Fsp3) is 0.182. The van der Waals surface area contributed by atoms with Crippen molar-refractivity contribution >= 4 is 40.5 Å². The molecule has 10 heteroatoms. The van der Waals surface area contributed by atoms with Crippen molar-refractivity contribution in [3.05, 3.63) is 118 Å². The molecular weight excluding hydrogens is 558 g/mol. The fourth-order valence-electron chi connectivity index (χ4n) is 4.36. The predicted molar refractivity (Wildman–Crippen MR) is 172 cm³/mol. The van der Waals surface area contributed by atoms with Gasteiger partial charge in [-0.1, -0.05) is 24.3 Å². The Balaban J connectivity index is 1.25. The van der Waals surface area contributed by atoms with Crippen molar-refractivity contribution in [1.29, 1.82) is 0 Å². The molecule has 0 saturated carbocycles. The average Bonchev–Trinajstić information content (AvgIpc) is 3.57. The van der Waals surface area contributed by atoms with Gasteiger partial charge in [-0.2, -0.15) is 0 Å². The van der Waals surface area contributed by atoms with Gasteiger partial charge in [0.05, 0.1) is 10.6 Å². The predicted octanol–water partition coefficient (Wildman–Crippen LogP) is 6.11. The van der Waals surface area contributed by atoms with E-state index in [-0.39, 0.29) is 11.8 Å². The molecular formula is C33H33N7O2S. The number of carbonyl (C=O) groups excluding carboxylic acids is 2. The van der Waals surface area contributed by atoms with Gasteiger partial charge in [0.25, 0.3) is 11.8 Å². The van der Waals surface area contributed by atoms with Crippen LogP contribution in [0.1, 0.15) is 31.2 Å². The van der Waals surface area contributed by atoms with Crippen LogP contribution in [0, 0.1) is 6.92 Å². The summed E-state index contributed by atoms with van der Waals surface area (Å²) in [5.41, 5.74) is 5.53. The van der Waals surface area contributed by atoms with Gasteiger partial charge in [-0.3, -0.25) is 14.6 Å². The van der Waals surface area contributed by atoms with E-state index in [1.165, 1.54) is 11.3 Å². The Bertz CT molecular complexity index is 1670. The van der Waals surface area contributed by atoms with E-state index < -0.39 is 0 Å². The molecule has 0 bridgehead atoms. The number of aromatic nitrogens is 3. The van der Waals surface area contributed by atoms with Gasteiger partial charge in [-0.05, 0) is 86.1 Å². The van der Waals surface area contributed by atoms with Gasteiger partial charge in [-0.15, -0.1) is 11.3 Å². The van der Waals surface area contributed by atoms with Crippen molar-refractivity contribution in [2.75, 3.05) is 37.8 Å². The number of likely N-dealkylation sites (N-methyl/N-ethyl adjacent to an activating group) is 1. The summed E-state index contributed by atoms with van der Waals surface area (Å²) in [5.74, 6) is 0.229. The fourth-order valence-corrected chi connectivity index (χ4v) is 5.05. The number of hydrogen-bond donors (Lipinski definition) is 2. The molecule has 2 amide bonds. The number of pyridine rings is 1. The molecule has 218 valence electrons. The van der Waals surface area contributed by atoms with E-state index in [2.05, 4.69) is 30.5 Å². The van der Waals surface area contributed by atoms with E-state index in [4.69, 9.17) is 0 Å². The Morgan fingerprint density at radius 2 is 1.77 bits per heavy atom. The lowest BCUT2D eigenvalue weighted by atomic mass is 10.1. The van der Waals surface area contributed by atoms with Gasteiger partial charge in [0.2, 0.25) is 5.95 Å². The Morgan fingerprint density at radius 3 is 2.49 bits per heavy atom. The van der Waals surface area contributed by atoms with Gasteiger partial charge in [0, 0.05) is 60.7 Å². The van der Waals surface area contributed by atoms with Crippen LogP contribution >= 0.6 is 11.3 Å². The molecule has 9 nitrogen and oxygen atoms in total. The molecule has 0 atom stereocenters. The largest absolute Gasteiger partial charge is 0.332 e. The quantitative estimate of drug-likeness (QED) is 0.191. The van der Waals surface area contributed by atoms with Gasteiger partial charge >= 0.3 is 0 Å². The number of anilines is 3. The van der Waals surface area contributed by atoms with Gasteiger partial charge in [0.1, 0.15) is 0 Å². The van der Waals surface area contributed by atoms with Gasteiger partial charge < -0.3 is 20.4 Å². The Kier molecular flexibility index (Phi) is 9.50. The summed E-state index contributed by atoms with van der Waals surface area (Å²) in [6.07, 6.45) is 5.17. The lowest BCUT2D eigenvalue weighted by Crippen LogP contribution is -2.35. The van der Waals surface area contributed by atoms with Crippen molar-refractivity contribution in [2.45, 2.75) is 13.5 Å². The lowest BCUT2D eigenvalue weighted by molar-refractivity contribution is 0.0736. The standard InChI is InChI=1S/C33H33N7O2S/c1-23-8-13-27(20-29(23)38-33-35-16-14-28(37-33)26-6-4-15-34-21-26)36-31(41)25-11-9-24(10-12-25)22-40(18-17-39(2)3)32(42)30-7-5-19-43-30/h4-16,19-21H,17-18,22H2,1-3H3,(H,36,41)(H,35,37,38). The molecule has 0 aliphatic rings. The van der Waals surface area contributed by atoms with E-state index >= 15 is 0 Å². The Morgan fingerprint density at radius 1 is 0.930 bits per heavy atom. The lowest BCUT2D eigenvalue weighted by Gasteiger charge is -2.24. The molecule has 2 aromatic carbocycles. The second-order valence-corrected chi connectivity index (χ2v) is 11.3. The first kappa shape index (κ1) is 29.6. The average molecular weight is 592 g/mol. The number of aryl methyl sites for hydroxylation is 1. The second kappa shape index (κ2) is 13.8. The maximum absolute atomic E-state index is 13.1. The van der Waals surface area contributed by atoms with Crippen LogP contribution in [0.4, 0.5) is 17.3 Å². The van der Waals surface area contributed by atoms with Crippen LogP contribution < -0.4 is 10.6 Å². The van der Waals surface area contributed by atoms with Gasteiger partial charge in [0.15, 0.2) is 0 Å². The van der Waals surface area contributed by atoms with E-state index in [0.29, 0.717) is 30.3 Å². The molecule has 0 unspecified atom stereocenters. The third kappa shape index (κ3) is 7.88. The second-order valence-electron chi connectivity index (χ2n) is 10.3. The summed E-state index contributed by atoms with van der Waals surface area (Å²) in [6.45, 7) is 3.80. The number of benzene rings is 2. The molecule has 5 rings (SSSR count). The van der Waals surface area contributed by atoms with Crippen LogP contribution in [0.3, 0.4) is 0 Å². The first-order valence-electron chi connectivity index (χ1n) is 13.8. The van der Waals surface area contributed by atoms with Crippen molar-refractivity contribution in [1.82, 2.24) is 24.8 Å². The molecule has 0 radical (unpaired) electrons. The zero-order chi connectivity index (χ0) is 30.2. The highest BCUT2D eigenvalue weighted by Crippen LogP contribution is 2.25. The van der Waals surface area contributed by atoms with E-state index in [9.17, 15) is 9.59 Å². The third-order valence-electron chi connectivity index (χ3n) is 6.78. The maximum atomic E-state index is 13.1. The summed E-state index contributed by atoms with van der Waals surface area (Å²) < 4.78 is 0. The Hall–Kier alpha value is -4.93. The number of rotatable bonds is 11. The summed E-state index contributed by atoms with van der Waals surface area (Å²) in [4.78, 5) is 44.0. The van der Waals surface area contributed by atoms with Crippen LogP contribution in [-0.2, 0) is 6.54 Å². The minimum absolute atomic E-state index is 0.0108. The highest BCUT2D eigenvalue weighted by atomic mass is 32.1. The SMILES string of the molecule is Cc1ccc(NC(=O)c2ccc(CN(CCN(C)C)C(=O)c3cccs3)cc2)cc1Nc1nccc(-c2cccnc2)n1. The van der Waals surface area contributed by atoms with Crippen molar-refractivity contribution < 1.29 is 9.59 Å². The summed E-state index contributed by atoms with van der Waals surface area (Å²) >= 11 is 1.44. The van der Waals surface area contributed by atoms with Crippen molar-refractivity contribution in [2.24, 2.45) is 0 Å². The molecule has 0 fully saturated rings. The highest BCUT2D eigenvalue weighted by molar-refractivity contribution is 7.12. The van der Waals surface area contributed by atoms with Crippen molar-refractivity contribution in [3.8, 4) is 11.3 Å². The first-order valence-corrected chi connectivity index (χ1v) is 14.7. The van der Waals surface area contributed by atoms with E-state index in [1.54, 1.807) is 30.7 Å². The molecule has 0 aliphatic heterocycles. The number of hydrogen-bond acceptors (Lipinski definition) is 8. The van der Waals surface area contributed by atoms with Gasteiger partial charge in [-0.25, -0.2) is 9.97 Å². The number of thiophene rings is 1. The number of amides is 2. The molecule has 3 heterocycles. The van der Waals surface area contributed by atoms with Crippen molar-refractivity contribution in [3.63, 3.8) is 0 Å². The smallest absolute Gasteiger partial charge is 0.264 e. The zero-order valence-corrected chi connectivity index (χ0v) is 25.1. The maximum Gasteiger partial charge on any atom is 0.264 e. The van der Waals surface area contributed by atoms with Crippen LogP contribution in [0.25, 0.3) is 11.3 Å². The molecule has 2 N–H and O–H groups in total. The van der Waals surface area contributed by atoms with E-state index in [0.717, 1.165) is 39.5 Å². The molecule has 3 aromatic heterocycles. The third-order valence-corrected chi connectivity index (χ3v) is 7.64. The normalized spacial score (nSPS) is 10.9. The molecule has 43 heavy (non-hydrogen) atoms. The molecule has 0 spiro atoms. The number of nitrogens with zero attached hydrogens (tertiary/aromatic N) is 5. The number of carbonyl (C=O) groups is 2. The van der Waals surface area contributed by atoms with Crippen LogP contribution in [0.15, 0.2) is 96.8 Å². The molecule has 0 saturated heterocycles. The molecule has 5 aromatic rings. The molecule has 0 aliphatic carbocycles. The monoisotopic (exact) mass is 591 g/mol. The summed E-state index contributed by atoms with van der Waals surface area (Å²) in [5, 5.41) is 8.16. The summed E-state index contributed by atoms with van der Waals surface area (Å²) in [7, 11) is 3.98. The minimum atomic E-state index is -0.227. The summed E-state index contributed by atoms with van der Waals surface area (Å²) in [6, 6.07) is 22.4.